The molecule has 1 aromatic heterocycles. The van der Waals surface area contributed by atoms with Crippen LogP contribution in [0.4, 0.5) is 0 Å². The number of nitrogens with zero attached hydrogens (tertiary/aromatic N) is 2. The third-order valence-corrected chi connectivity index (χ3v) is 5.79. The van der Waals surface area contributed by atoms with Gasteiger partial charge < -0.3 is 9.47 Å². The van der Waals surface area contributed by atoms with Crippen LogP contribution in [0.1, 0.15) is 27.2 Å². The van der Waals surface area contributed by atoms with Gasteiger partial charge in [0, 0.05) is 17.2 Å². The summed E-state index contributed by atoms with van der Waals surface area (Å²) < 4.78 is 10.5. The van der Waals surface area contributed by atoms with Gasteiger partial charge in [0.15, 0.2) is 0 Å². The normalized spacial score (nSPS) is 12.4. The SMILES string of the molecule is COc1ccc(/C=N\NC(=O)c2cc(-c3ccc4c5c(cccc35)CC4)n[nH]2)c(OC)c1. The van der Waals surface area contributed by atoms with Crippen molar-refractivity contribution >= 4 is 22.9 Å². The first kappa shape index (κ1) is 19.8. The summed E-state index contributed by atoms with van der Waals surface area (Å²) in [6.45, 7) is 0. The highest BCUT2D eigenvalue weighted by Gasteiger charge is 2.18. The van der Waals surface area contributed by atoms with Crippen LogP contribution in [0.15, 0.2) is 59.7 Å². The number of carbonyl (C=O) groups excluding carboxylic acids is 1. The average molecular weight is 426 g/mol. The zero-order valence-corrected chi connectivity index (χ0v) is 17.8. The van der Waals surface area contributed by atoms with Gasteiger partial charge in [0.05, 0.1) is 26.1 Å². The van der Waals surface area contributed by atoms with Gasteiger partial charge >= 0.3 is 0 Å². The van der Waals surface area contributed by atoms with Crippen molar-refractivity contribution in [3.05, 3.63) is 77.0 Å². The van der Waals surface area contributed by atoms with Crippen molar-refractivity contribution in [3.63, 3.8) is 0 Å². The van der Waals surface area contributed by atoms with Crippen LogP contribution in [-0.4, -0.2) is 36.5 Å². The number of ether oxygens (including phenoxy) is 2. The maximum Gasteiger partial charge on any atom is 0.289 e. The molecule has 0 unspecified atom stereocenters. The third kappa shape index (κ3) is 3.47. The number of amides is 1. The van der Waals surface area contributed by atoms with E-state index in [0.717, 1.165) is 24.1 Å². The van der Waals surface area contributed by atoms with Crippen molar-refractivity contribution in [2.75, 3.05) is 14.2 Å². The Hall–Kier alpha value is -4.13. The molecule has 32 heavy (non-hydrogen) atoms. The number of hydrazone groups is 1. The second-order valence-electron chi connectivity index (χ2n) is 7.59. The molecular formula is C25H22N4O3. The third-order valence-electron chi connectivity index (χ3n) is 5.79. The first-order chi connectivity index (χ1) is 15.7. The lowest BCUT2D eigenvalue weighted by atomic mass is 9.98. The molecule has 0 saturated carbocycles. The second kappa shape index (κ2) is 8.19. The van der Waals surface area contributed by atoms with E-state index in [0.29, 0.717) is 22.8 Å². The molecule has 1 heterocycles. The molecule has 3 aromatic carbocycles. The number of benzene rings is 3. The highest BCUT2D eigenvalue weighted by molar-refractivity contribution is 6.02. The van der Waals surface area contributed by atoms with Crippen LogP contribution in [0, 0.1) is 0 Å². The van der Waals surface area contributed by atoms with Gasteiger partial charge in [-0.15, -0.1) is 0 Å². The lowest BCUT2D eigenvalue weighted by molar-refractivity contribution is 0.0950. The molecule has 0 spiro atoms. The van der Waals surface area contributed by atoms with E-state index in [4.69, 9.17) is 9.47 Å². The lowest BCUT2D eigenvalue weighted by Crippen LogP contribution is -2.18. The topological polar surface area (TPSA) is 88.6 Å². The van der Waals surface area contributed by atoms with Crippen molar-refractivity contribution in [3.8, 4) is 22.8 Å². The van der Waals surface area contributed by atoms with Gasteiger partial charge in [-0.3, -0.25) is 9.89 Å². The number of nitrogens with one attached hydrogen (secondary N) is 2. The molecule has 1 aliphatic carbocycles. The molecule has 0 atom stereocenters. The van der Waals surface area contributed by atoms with Crippen LogP contribution >= 0.6 is 0 Å². The average Bonchev–Trinajstić information content (AvgIpc) is 3.48. The van der Waals surface area contributed by atoms with Crippen molar-refractivity contribution in [2.45, 2.75) is 12.8 Å². The zero-order valence-electron chi connectivity index (χ0n) is 17.8. The van der Waals surface area contributed by atoms with Crippen LogP contribution in [0.5, 0.6) is 11.5 Å². The monoisotopic (exact) mass is 426 g/mol. The maximum absolute atomic E-state index is 12.6. The van der Waals surface area contributed by atoms with Gasteiger partial charge in [-0.1, -0.05) is 30.3 Å². The van der Waals surface area contributed by atoms with Gasteiger partial charge in [-0.05, 0) is 52.9 Å². The number of hydrogen-bond donors (Lipinski definition) is 2. The summed E-state index contributed by atoms with van der Waals surface area (Å²) in [5.41, 5.74) is 8.06. The van der Waals surface area contributed by atoms with Crippen LogP contribution in [-0.2, 0) is 12.8 Å². The largest absolute Gasteiger partial charge is 0.497 e. The van der Waals surface area contributed by atoms with E-state index in [2.05, 4.69) is 51.1 Å². The number of hydrogen-bond acceptors (Lipinski definition) is 5. The summed E-state index contributed by atoms with van der Waals surface area (Å²) >= 11 is 0. The van der Waals surface area contributed by atoms with Crippen molar-refractivity contribution in [2.24, 2.45) is 5.10 Å². The quantitative estimate of drug-likeness (QED) is 0.359. The fourth-order valence-corrected chi connectivity index (χ4v) is 4.19. The highest BCUT2D eigenvalue weighted by atomic mass is 16.5. The summed E-state index contributed by atoms with van der Waals surface area (Å²) in [7, 11) is 3.15. The van der Waals surface area contributed by atoms with Crippen molar-refractivity contribution in [1.29, 1.82) is 0 Å². The van der Waals surface area contributed by atoms with Gasteiger partial charge in [-0.2, -0.15) is 10.2 Å². The van der Waals surface area contributed by atoms with Crippen LogP contribution < -0.4 is 14.9 Å². The molecule has 7 nitrogen and oxygen atoms in total. The van der Waals surface area contributed by atoms with Crippen LogP contribution in [0.25, 0.3) is 22.0 Å². The Morgan fingerprint density at radius 1 is 1.06 bits per heavy atom. The smallest absolute Gasteiger partial charge is 0.289 e. The molecule has 0 aliphatic heterocycles. The molecule has 2 N–H and O–H groups in total. The van der Waals surface area contributed by atoms with Crippen LogP contribution in [0.3, 0.4) is 0 Å². The summed E-state index contributed by atoms with van der Waals surface area (Å²) in [5.74, 6) is 0.896. The molecule has 0 saturated heterocycles. The molecular weight excluding hydrogens is 404 g/mol. The fraction of sp³-hybridized carbons (Fsp3) is 0.160. The number of carbonyl (C=O) groups is 1. The van der Waals surface area contributed by atoms with E-state index in [-0.39, 0.29) is 5.91 Å². The van der Waals surface area contributed by atoms with Gasteiger partial charge in [0.2, 0.25) is 0 Å². The number of aryl methyl sites for hydroxylation is 2. The van der Waals surface area contributed by atoms with Gasteiger partial charge in [0.25, 0.3) is 5.91 Å². The number of rotatable bonds is 6. The highest BCUT2D eigenvalue weighted by Crippen LogP contribution is 2.36. The molecule has 0 fully saturated rings. The summed E-state index contributed by atoms with van der Waals surface area (Å²) in [5, 5.41) is 13.7. The Morgan fingerprint density at radius 2 is 1.91 bits per heavy atom. The Balaban J connectivity index is 1.35. The lowest BCUT2D eigenvalue weighted by Gasteiger charge is -2.07. The number of aromatic nitrogens is 2. The minimum Gasteiger partial charge on any atom is -0.497 e. The molecule has 160 valence electrons. The minimum atomic E-state index is -0.376. The summed E-state index contributed by atoms with van der Waals surface area (Å²) in [6, 6.07) is 17.7. The first-order valence-electron chi connectivity index (χ1n) is 10.3. The Bertz CT molecular complexity index is 1350. The summed E-state index contributed by atoms with van der Waals surface area (Å²) in [4.78, 5) is 12.6. The standard InChI is InChI=1S/C25H22N4O3/c1-31-18-10-8-17(23(12-18)32-2)14-26-29-25(30)22-13-21(27-28-22)19-11-9-16-7-6-15-4-3-5-20(19)24(15)16/h3-5,8-14H,6-7H2,1-2H3,(H,27,28)(H,29,30)/b26-14-. The van der Waals surface area contributed by atoms with Gasteiger partial charge in [-0.25, -0.2) is 5.43 Å². The molecule has 0 radical (unpaired) electrons. The molecule has 4 aromatic rings. The van der Waals surface area contributed by atoms with Crippen molar-refractivity contribution < 1.29 is 14.3 Å². The van der Waals surface area contributed by atoms with E-state index in [1.54, 1.807) is 38.5 Å². The van der Waals surface area contributed by atoms with E-state index >= 15 is 0 Å². The molecule has 1 aliphatic rings. The molecule has 5 rings (SSSR count). The Labute approximate surface area is 185 Å². The van der Waals surface area contributed by atoms with Crippen LogP contribution in [0.2, 0.25) is 0 Å². The van der Waals surface area contributed by atoms with E-state index < -0.39 is 0 Å². The second-order valence-corrected chi connectivity index (χ2v) is 7.59. The minimum absolute atomic E-state index is 0.335. The predicted molar refractivity (Wildman–Crippen MR) is 124 cm³/mol. The molecule has 7 heteroatoms. The Morgan fingerprint density at radius 3 is 2.72 bits per heavy atom. The zero-order chi connectivity index (χ0) is 22.1. The Kier molecular flexibility index (Phi) is 5.07. The number of H-pyrrole nitrogens is 1. The van der Waals surface area contributed by atoms with Crippen molar-refractivity contribution in [1.82, 2.24) is 15.6 Å². The first-order valence-corrected chi connectivity index (χ1v) is 10.3. The number of aromatic amines is 1. The number of methoxy groups -OCH3 is 2. The summed E-state index contributed by atoms with van der Waals surface area (Å²) in [6.07, 6.45) is 3.67. The van der Waals surface area contributed by atoms with E-state index in [9.17, 15) is 4.79 Å². The maximum atomic E-state index is 12.6. The fourth-order valence-electron chi connectivity index (χ4n) is 4.19. The van der Waals surface area contributed by atoms with E-state index in [1.807, 2.05) is 0 Å². The predicted octanol–water partition coefficient (Wildman–Crippen LogP) is 4.11. The van der Waals surface area contributed by atoms with E-state index in [1.165, 1.54) is 28.1 Å². The van der Waals surface area contributed by atoms with Gasteiger partial charge in [0.1, 0.15) is 17.2 Å². The molecule has 1 amide bonds. The molecule has 0 bridgehead atoms.